The maximum absolute atomic E-state index is 12.5. The van der Waals surface area contributed by atoms with Crippen molar-refractivity contribution in [2.45, 2.75) is 29.6 Å². The molecule has 0 unspecified atom stereocenters. The lowest BCUT2D eigenvalue weighted by Crippen LogP contribution is -2.50. The highest BCUT2D eigenvalue weighted by Gasteiger charge is 2.23. The second-order valence-electron chi connectivity index (χ2n) is 7.91. The minimum atomic E-state index is -0.398. The predicted octanol–water partition coefficient (Wildman–Crippen LogP) is 4.58. The highest BCUT2D eigenvalue weighted by atomic mass is 32.2. The normalized spacial score (nSPS) is 14.1. The minimum absolute atomic E-state index is 0.111. The lowest BCUT2D eigenvalue weighted by molar-refractivity contribution is -0.127. The van der Waals surface area contributed by atoms with Gasteiger partial charge in [-0.15, -0.1) is 0 Å². The van der Waals surface area contributed by atoms with Crippen LogP contribution in [0.3, 0.4) is 0 Å². The van der Waals surface area contributed by atoms with Crippen molar-refractivity contribution in [3.63, 3.8) is 0 Å². The number of benzene rings is 2. The summed E-state index contributed by atoms with van der Waals surface area (Å²) in [5.41, 5.74) is 1.88. The third kappa shape index (κ3) is 6.28. The number of anilines is 1. The summed E-state index contributed by atoms with van der Waals surface area (Å²) in [5.74, 6) is 0.130. The third-order valence-electron chi connectivity index (χ3n) is 5.39. The molecule has 8 nitrogen and oxygen atoms in total. The molecule has 3 rings (SSSR count). The van der Waals surface area contributed by atoms with Gasteiger partial charge in [-0.3, -0.25) is 10.0 Å². The van der Waals surface area contributed by atoms with Crippen molar-refractivity contribution in [3.8, 4) is 0 Å². The Morgan fingerprint density at radius 2 is 1.76 bits per heavy atom. The van der Waals surface area contributed by atoms with Gasteiger partial charge in [0.1, 0.15) is 0 Å². The van der Waals surface area contributed by atoms with Gasteiger partial charge in [0.15, 0.2) is 0 Å². The van der Waals surface area contributed by atoms with Gasteiger partial charge in [0.05, 0.1) is 12.8 Å². The first kappa shape index (κ1) is 24.6. The molecule has 2 aromatic carbocycles. The first-order chi connectivity index (χ1) is 15.8. The molecule has 1 heterocycles. The van der Waals surface area contributed by atoms with Crippen molar-refractivity contribution in [3.05, 3.63) is 64.9 Å². The zero-order valence-corrected chi connectivity index (χ0v) is 19.7. The topological polar surface area (TPSA) is 96.4 Å². The van der Waals surface area contributed by atoms with Gasteiger partial charge in [-0.05, 0) is 41.3 Å². The Morgan fingerprint density at radius 1 is 1.09 bits per heavy atom. The number of amides is 2. The van der Waals surface area contributed by atoms with Crippen molar-refractivity contribution in [1.29, 1.82) is 0 Å². The second kappa shape index (κ2) is 11.2. The summed E-state index contributed by atoms with van der Waals surface area (Å²) in [5, 5.41) is 21.4. The SMILES string of the molecule is COC(=O)N1CCN(C(=O)/C=C/c2ccc(Sc3ccccc3C(C)C)c(N([O-])O)c2)CC1. The maximum atomic E-state index is 12.5. The van der Waals surface area contributed by atoms with E-state index in [2.05, 4.69) is 13.8 Å². The van der Waals surface area contributed by atoms with Crippen LogP contribution in [0.1, 0.15) is 30.9 Å². The van der Waals surface area contributed by atoms with Crippen molar-refractivity contribution >= 4 is 35.5 Å². The molecule has 33 heavy (non-hydrogen) atoms. The van der Waals surface area contributed by atoms with Gasteiger partial charge < -0.3 is 25.0 Å². The van der Waals surface area contributed by atoms with Gasteiger partial charge in [0.2, 0.25) is 5.91 Å². The van der Waals surface area contributed by atoms with Crippen LogP contribution < -0.4 is 5.23 Å². The molecular formula is C24H28N3O5S-. The zero-order chi connectivity index (χ0) is 24.0. The summed E-state index contributed by atoms with van der Waals surface area (Å²) in [6.45, 7) is 5.86. The van der Waals surface area contributed by atoms with E-state index in [-0.39, 0.29) is 16.8 Å². The highest BCUT2D eigenvalue weighted by Crippen LogP contribution is 2.39. The van der Waals surface area contributed by atoms with Crippen LogP contribution >= 0.6 is 11.8 Å². The summed E-state index contributed by atoms with van der Waals surface area (Å²) in [6, 6.07) is 13.1. The Kier molecular flexibility index (Phi) is 8.37. The fourth-order valence-electron chi connectivity index (χ4n) is 3.55. The second-order valence-corrected chi connectivity index (χ2v) is 8.99. The molecular weight excluding hydrogens is 442 g/mol. The Hall–Kier alpha value is -3.01. The monoisotopic (exact) mass is 470 g/mol. The van der Waals surface area contributed by atoms with E-state index in [1.54, 1.807) is 34.1 Å². The molecule has 2 aromatic rings. The molecule has 0 aliphatic carbocycles. The molecule has 2 amide bonds. The predicted molar refractivity (Wildman–Crippen MR) is 128 cm³/mol. The van der Waals surface area contributed by atoms with E-state index >= 15 is 0 Å². The standard InChI is InChI=1S/C24H28N3O5S/c1-17(2)19-6-4-5-7-21(19)33-22-10-8-18(16-20(22)27(30)31)9-11-23(28)25-12-14-26(15-13-25)24(29)32-3/h4-11,16-17,30H,12-15H2,1-3H3/q-1/b11-9+. The fourth-order valence-corrected chi connectivity index (χ4v) is 4.74. The van der Waals surface area contributed by atoms with E-state index < -0.39 is 6.09 Å². The van der Waals surface area contributed by atoms with Crippen LogP contribution in [0.25, 0.3) is 6.08 Å². The van der Waals surface area contributed by atoms with Gasteiger partial charge in [0, 0.05) is 42.0 Å². The minimum Gasteiger partial charge on any atom is -0.733 e. The molecule has 1 saturated heterocycles. The number of hydrogen-bond donors (Lipinski definition) is 1. The summed E-state index contributed by atoms with van der Waals surface area (Å²) in [4.78, 5) is 28.9. The molecule has 1 aliphatic heterocycles. The van der Waals surface area contributed by atoms with Crippen LogP contribution in [-0.4, -0.2) is 60.3 Å². The summed E-state index contributed by atoms with van der Waals surface area (Å²) < 4.78 is 4.70. The summed E-state index contributed by atoms with van der Waals surface area (Å²) >= 11 is 1.41. The van der Waals surface area contributed by atoms with Crippen LogP contribution in [0.4, 0.5) is 10.5 Å². The van der Waals surface area contributed by atoms with Crippen LogP contribution in [-0.2, 0) is 9.53 Å². The van der Waals surface area contributed by atoms with Crippen molar-refractivity contribution in [2.75, 3.05) is 38.5 Å². The molecule has 0 spiro atoms. The van der Waals surface area contributed by atoms with E-state index in [0.717, 1.165) is 10.5 Å². The molecule has 9 heteroatoms. The van der Waals surface area contributed by atoms with Gasteiger partial charge in [-0.1, -0.05) is 49.9 Å². The largest absolute Gasteiger partial charge is 0.733 e. The molecule has 0 bridgehead atoms. The highest BCUT2D eigenvalue weighted by molar-refractivity contribution is 7.99. The van der Waals surface area contributed by atoms with Crippen molar-refractivity contribution in [2.24, 2.45) is 0 Å². The lowest BCUT2D eigenvalue weighted by atomic mass is 10.0. The van der Waals surface area contributed by atoms with Crippen molar-refractivity contribution in [1.82, 2.24) is 9.80 Å². The molecule has 0 saturated carbocycles. The molecule has 176 valence electrons. The molecule has 1 fully saturated rings. The first-order valence-electron chi connectivity index (χ1n) is 10.7. The Morgan fingerprint density at radius 3 is 2.39 bits per heavy atom. The Balaban J connectivity index is 1.71. The maximum Gasteiger partial charge on any atom is 0.409 e. The number of carbonyl (C=O) groups is 2. The van der Waals surface area contributed by atoms with Crippen LogP contribution in [0.2, 0.25) is 0 Å². The molecule has 0 atom stereocenters. The van der Waals surface area contributed by atoms with Gasteiger partial charge in [0.25, 0.3) is 0 Å². The zero-order valence-electron chi connectivity index (χ0n) is 18.9. The smallest absolute Gasteiger partial charge is 0.409 e. The summed E-state index contributed by atoms with van der Waals surface area (Å²) in [7, 11) is 1.33. The number of ether oxygens (including phenoxy) is 1. The van der Waals surface area contributed by atoms with Gasteiger partial charge >= 0.3 is 6.09 Å². The Labute approximate surface area is 198 Å². The Bertz CT molecular complexity index is 1020. The molecule has 1 aliphatic rings. The fraction of sp³-hybridized carbons (Fsp3) is 0.333. The van der Waals surface area contributed by atoms with E-state index in [0.29, 0.717) is 42.6 Å². The van der Waals surface area contributed by atoms with E-state index in [9.17, 15) is 20.0 Å². The average molecular weight is 471 g/mol. The summed E-state index contributed by atoms with van der Waals surface area (Å²) in [6.07, 6.45) is 2.64. The molecule has 0 radical (unpaired) electrons. The average Bonchev–Trinajstić information content (AvgIpc) is 2.82. The number of carbonyl (C=O) groups excluding carboxylic acids is 2. The number of nitrogens with zero attached hydrogens (tertiary/aromatic N) is 3. The van der Waals surface area contributed by atoms with Crippen molar-refractivity contribution < 1.29 is 19.5 Å². The lowest BCUT2D eigenvalue weighted by Gasteiger charge is -2.33. The van der Waals surface area contributed by atoms with Gasteiger partial charge in [-0.2, -0.15) is 0 Å². The number of hydrogen-bond acceptors (Lipinski definition) is 7. The van der Waals surface area contributed by atoms with Gasteiger partial charge in [-0.25, -0.2) is 4.79 Å². The van der Waals surface area contributed by atoms with E-state index in [1.807, 2.05) is 24.3 Å². The molecule has 1 N–H and O–H groups in total. The van der Waals surface area contributed by atoms with E-state index in [1.165, 1.54) is 24.9 Å². The quantitative estimate of drug-likeness (QED) is 0.488. The van der Waals surface area contributed by atoms with E-state index in [4.69, 9.17) is 4.74 Å². The third-order valence-corrected chi connectivity index (χ3v) is 6.55. The number of methoxy groups -OCH3 is 1. The number of piperazine rings is 1. The van der Waals surface area contributed by atoms with Crippen LogP contribution in [0.5, 0.6) is 0 Å². The molecule has 0 aromatic heterocycles. The first-order valence-corrected chi connectivity index (χ1v) is 11.5. The number of rotatable bonds is 6. The van der Waals surface area contributed by atoms with Crippen LogP contribution in [0.15, 0.2) is 58.3 Å². The van der Waals surface area contributed by atoms with Crippen LogP contribution in [0, 0.1) is 5.21 Å².